The number of aliphatic hydroxyl groups excluding tert-OH is 1. The van der Waals surface area contributed by atoms with Crippen molar-refractivity contribution < 1.29 is 18.7 Å². The summed E-state index contributed by atoms with van der Waals surface area (Å²) < 4.78 is 26.0. The molecule has 0 unspecified atom stereocenters. The van der Waals surface area contributed by atoms with Crippen LogP contribution in [-0.2, 0) is 6.54 Å². The van der Waals surface area contributed by atoms with Crippen LogP contribution in [0, 0.1) is 0 Å². The number of likely N-dealkylation sites (tertiary alicyclic amines) is 1. The van der Waals surface area contributed by atoms with Gasteiger partial charge < -0.3 is 14.6 Å². The number of hydrogen-bond donors (Lipinski definition) is 1. The second-order valence-corrected chi connectivity index (χ2v) is 4.41. The fourth-order valence-electron chi connectivity index (χ4n) is 2.36. The van der Waals surface area contributed by atoms with Gasteiger partial charge in [-0.05, 0) is 25.0 Å². The molecule has 2 rings (SSSR count). The summed E-state index contributed by atoms with van der Waals surface area (Å²) in [5, 5.41) is 9.18. The number of rotatable bonds is 4. The third kappa shape index (κ3) is 2.53. The van der Waals surface area contributed by atoms with E-state index in [4.69, 9.17) is 0 Å². The third-order valence-corrected chi connectivity index (χ3v) is 3.23. The van der Waals surface area contributed by atoms with Crippen LogP contribution < -0.4 is 0 Å². The second-order valence-electron chi connectivity index (χ2n) is 4.41. The van der Waals surface area contributed by atoms with Crippen molar-refractivity contribution in [1.82, 2.24) is 9.47 Å². The zero-order valence-corrected chi connectivity index (χ0v) is 9.93. The molecule has 1 aliphatic heterocycles. The van der Waals surface area contributed by atoms with Gasteiger partial charge >= 0.3 is 0 Å². The summed E-state index contributed by atoms with van der Waals surface area (Å²) in [6.07, 6.45) is 0.587. The Kier molecular flexibility index (Phi) is 3.96. The van der Waals surface area contributed by atoms with E-state index >= 15 is 0 Å². The highest BCUT2D eigenvalue weighted by Crippen LogP contribution is 2.20. The summed E-state index contributed by atoms with van der Waals surface area (Å²) in [6, 6.07) is 2.93. The Balaban J connectivity index is 2.15. The molecule has 6 heteroatoms. The van der Waals surface area contributed by atoms with E-state index in [-0.39, 0.29) is 24.2 Å². The number of nitrogens with zero attached hydrogens (tertiary/aromatic N) is 2. The van der Waals surface area contributed by atoms with Crippen LogP contribution in [0.3, 0.4) is 0 Å². The summed E-state index contributed by atoms with van der Waals surface area (Å²) in [5.74, 6) is -0.280. The van der Waals surface area contributed by atoms with Crippen LogP contribution >= 0.6 is 0 Å². The minimum absolute atomic E-state index is 0.0820. The van der Waals surface area contributed by atoms with Crippen LogP contribution in [0.4, 0.5) is 8.78 Å². The molecular formula is C12H16F2N2O2. The van der Waals surface area contributed by atoms with Gasteiger partial charge in [0.25, 0.3) is 12.3 Å². The molecule has 4 nitrogen and oxygen atoms in total. The summed E-state index contributed by atoms with van der Waals surface area (Å²) in [4.78, 5) is 13.8. The van der Waals surface area contributed by atoms with E-state index < -0.39 is 13.0 Å². The van der Waals surface area contributed by atoms with Gasteiger partial charge in [0.05, 0.1) is 19.2 Å². The monoisotopic (exact) mass is 258 g/mol. The van der Waals surface area contributed by atoms with E-state index in [0.717, 1.165) is 12.8 Å². The molecule has 0 spiro atoms. The van der Waals surface area contributed by atoms with Crippen molar-refractivity contribution >= 4 is 5.91 Å². The normalized spacial score (nSPS) is 19.8. The zero-order valence-electron chi connectivity index (χ0n) is 9.93. The highest BCUT2D eigenvalue weighted by atomic mass is 19.3. The number of aliphatic hydroxyl groups is 1. The van der Waals surface area contributed by atoms with Gasteiger partial charge in [-0.15, -0.1) is 0 Å². The van der Waals surface area contributed by atoms with Crippen molar-refractivity contribution in [1.29, 1.82) is 0 Å². The van der Waals surface area contributed by atoms with Crippen molar-refractivity contribution in [2.45, 2.75) is 31.9 Å². The first-order valence-corrected chi connectivity index (χ1v) is 5.98. The minimum atomic E-state index is -2.49. The highest BCUT2D eigenvalue weighted by molar-refractivity contribution is 5.93. The van der Waals surface area contributed by atoms with Gasteiger partial charge in [-0.2, -0.15) is 0 Å². The van der Waals surface area contributed by atoms with E-state index in [1.54, 1.807) is 11.0 Å². The van der Waals surface area contributed by atoms with Crippen molar-refractivity contribution in [2.75, 3.05) is 13.2 Å². The van der Waals surface area contributed by atoms with E-state index in [0.29, 0.717) is 6.54 Å². The molecule has 1 aliphatic rings. The van der Waals surface area contributed by atoms with E-state index in [9.17, 15) is 18.7 Å². The molecule has 1 N–H and O–H groups in total. The van der Waals surface area contributed by atoms with Gasteiger partial charge in [0.2, 0.25) is 0 Å². The Bertz CT molecular complexity index is 420. The lowest BCUT2D eigenvalue weighted by molar-refractivity contribution is 0.0658. The fourth-order valence-corrected chi connectivity index (χ4v) is 2.36. The average molecular weight is 258 g/mol. The molecule has 1 fully saturated rings. The molecule has 1 aromatic rings. The zero-order chi connectivity index (χ0) is 13.1. The maximum absolute atomic E-state index is 12.4. The first-order valence-electron chi connectivity index (χ1n) is 5.98. The lowest BCUT2D eigenvalue weighted by atomic mass is 10.2. The molecule has 18 heavy (non-hydrogen) atoms. The Morgan fingerprint density at radius 3 is 3.00 bits per heavy atom. The van der Waals surface area contributed by atoms with Crippen LogP contribution in [-0.4, -0.2) is 46.1 Å². The minimum Gasteiger partial charge on any atom is -0.394 e. The molecular weight excluding hydrogens is 242 g/mol. The summed E-state index contributed by atoms with van der Waals surface area (Å²) >= 11 is 0. The standard InChI is InChI=1S/C12H16F2N2O2/c13-11(14)7-15-5-2-4-10(15)12(18)16-6-1-3-9(16)8-17/h2,4-5,9,11,17H,1,3,6-8H2/t9-/m1/s1. The quantitative estimate of drug-likeness (QED) is 0.886. The maximum Gasteiger partial charge on any atom is 0.270 e. The molecule has 0 radical (unpaired) electrons. The maximum atomic E-state index is 12.4. The lowest BCUT2D eigenvalue weighted by Crippen LogP contribution is -2.38. The van der Waals surface area contributed by atoms with Crippen LogP contribution in [0.25, 0.3) is 0 Å². The van der Waals surface area contributed by atoms with Crippen molar-refractivity contribution in [3.63, 3.8) is 0 Å². The number of aromatic nitrogens is 1. The first-order chi connectivity index (χ1) is 8.63. The van der Waals surface area contributed by atoms with Gasteiger partial charge in [-0.1, -0.05) is 0 Å². The Hall–Kier alpha value is -1.43. The summed E-state index contributed by atoms with van der Waals surface area (Å²) in [7, 11) is 0. The van der Waals surface area contributed by atoms with E-state index in [1.807, 2.05) is 0 Å². The molecule has 1 atom stereocenters. The van der Waals surface area contributed by atoms with Crippen molar-refractivity contribution in [2.24, 2.45) is 0 Å². The van der Waals surface area contributed by atoms with Gasteiger partial charge in [0, 0.05) is 12.7 Å². The average Bonchev–Trinajstić information content (AvgIpc) is 2.95. The predicted molar refractivity (Wildman–Crippen MR) is 61.6 cm³/mol. The topological polar surface area (TPSA) is 45.5 Å². The van der Waals surface area contributed by atoms with Gasteiger partial charge in [0.1, 0.15) is 5.69 Å². The number of hydrogen-bond acceptors (Lipinski definition) is 2. The molecule has 0 saturated carbocycles. The predicted octanol–water partition coefficient (Wildman–Crippen LogP) is 1.35. The second kappa shape index (κ2) is 5.48. The summed E-state index contributed by atoms with van der Waals surface area (Å²) in [5.41, 5.74) is 0.260. The van der Waals surface area contributed by atoms with Gasteiger partial charge in [0.15, 0.2) is 0 Å². The molecule has 1 saturated heterocycles. The van der Waals surface area contributed by atoms with Crippen molar-refractivity contribution in [3.05, 3.63) is 24.0 Å². The molecule has 0 bridgehead atoms. The number of carbonyl (C=O) groups is 1. The van der Waals surface area contributed by atoms with Crippen molar-refractivity contribution in [3.8, 4) is 0 Å². The van der Waals surface area contributed by atoms with E-state index in [1.165, 1.54) is 16.8 Å². The Morgan fingerprint density at radius 2 is 2.33 bits per heavy atom. The lowest BCUT2D eigenvalue weighted by Gasteiger charge is -2.23. The van der Waals surface area contributed by atoms with Crippen LogP contribution in [0.15, 0.2) is 18.3 Å². The van der Waals surface area contributed by atoms with E-state index in [2.05, 4.69) is 0 Å². The molecule has 1 amide bonds. The molecule has 100 valence electrons. The number of halogens is 2. The largest absolute Gasteiger partial charge is 0.394 e. The van der Waals surface area contributed by atoms with Gasteiger partial charge in [-0.3, -0.25) is 4.79 Å². The molecule has 0 aliphatic carbocycles. The smallest absolute Gasteiger partial charge is 0.270 e. The number of amides is 1. The Labute approximate surface area is 104 Å². The molecule has 2 heterocycles. The third-order valence-electron chi connectivity index (χ3n) is 3.23. The Morgan fingerprint density at radius 1 is 1.56 bits per heavy atom. The summed E-state index contributed by atoms with van der Waals surface area (Å²) in [6.45, 7) is 0.0108. The fraction of sp³-hybridized carbons (Fsp3) is 0.583. The number of carbonyl (C=O) groups excluding carboxylic acids is 1. The molecule has 0 aromatic carbocycles. The van der Waals surface area contributed by atoms with Gasteiger partial charge in [-0.25, -0.2) is 8.78 Å². The van der Waals surface area contributed by atoms with Crippen LogP contribution in [0.5, 0.6) is 0 Å². The van der Waals surface area contributed by atoms with Crippen LogP contribution in [0.1, 0.15) is 23.3 Å². The van der Waals surface area contributed by atoms with Crippen LogP contribution in [0.2, 0.25) is 0 Å². The highest BCUT2D eigenvalue weighted by Gasteiger charge is 2.30. The molecule has 1 aromatic heterocycles. The SMILES string of the molecule is O=C(c1cccn1CC(F)F)N1CCC[C@@H]1CO. The number of alkyl halides is 2. The first kappa shape index (κ1) is 13.0.